The zero-order valence-corrected chi connectivity index (χ0v) is 13.4. The van der Waals surface area contributed by atoms with Gasteiger partial charge in [-0.25, -0.2) is 4.98 Å². The van der Waals surface area contributed by atoms with E-state index < -0.39 is 5.38 Å². The molecule has 2 heterocycles. The molecule has 0 spiro atoms. The molecule has 1 aliphatic heterocycles. The van der Waals surface area contributed by atoms with Crippen molar-refractivity contribution < 1.29 is 9.53 Å². The average molecular weight is 320 g/mol. The van der Waals surface area contributed by atoms with Gasteiger partial charge in [0.2, 0.25) is 11.9 Å². The summed E-state index contributed by atoms with van der Waals surface area (Å²) in [6.07, 6.45) is 2.87. The summed E-state index contributed by atoms with van der Waals surface area (Å²) in [6, 6.07) is 7.73. The molecule has 1 aliphatic rings. The largest absolute Gasteiger partial charge is 0.497 e. The molecule has 0 saturated heterocycles. The third-order valence-electron chi connectivity index (χ3n) is 3.75. The summed E-state index contributed by atoms with van der Waals surface area (Å²) < 4.78 is 7.26. The molecular formula is C16H18ClN3O2. The van der Waals surface area contributed by atoms with Gasteiger partial charge in [0.1, 0.15) is 11.1 Å². The van der Waals surface area contributed by atoms with Crippen LogP contribution in [0.25, 0.3) is 11.3 Å². The lowest BCUT2D eigenvalue weighted by atomic mass is 10.1. The molecule has 5 nitrogen and oxygen atoms in total. The molecule has 1 unspecified atom stereocenters. The Kier molecular flexibility index (Phi) is 4.07. The highest BCUT2D eigenvalue weighted by molar-refractivity contribution is 6.32. The minimum atomic E-state index is -0.552. The Hall–Kier alpha value is -2.01. The maximum absolute atomic E-state index is 12.2. The topological polar surface area (TPSA) is 47.4 Å². The number of hydrogen-bond acceptors (Lipinski definition) is 3. The number of aryl methyl sites for hydroxylation is 1. The summed E-state index contributed by atoms with van der Waals surface area (Å²) in [6.45, 7) is 3.20. The first-order valence-corrected chi connectivity index (χ1v) is 7.71. The predicted molar refractivity (Wildman–Crippen MR) is 86.5 cm³/mol. The fraction of sp³-hybridized carbons (Fsp3) is 0.375. The number of anilines is 1. The van der Waals surface area contributed by atoms with Crippen LogP contribution >= 0.6 is 11.6 Å². The summed E-state index contributed by atoms with van der Waals surface area (Å²) in [5.41, 5.74) is 1.79. The lowest BCUT2D eigenvalue weighted by Gasteiger charge is -2.27. The standard InChI is InChI=1S/C16H18ClN3O2/c1-11(17)15(21)20-8-4-7-19-10-14(18-16(19)20)12-5-3-6-13(9-12)22-2/h3,5-6,9-11H,4,7-8H2,1-2H3. The van der Waals surface area contributed by atoms with Gasteiger partial charge >= 0.3 is 0 Å². The number of carbonyl (C=O) groups excluding carboxylic acids is 1. The number of amides is 1. The normalized spacial score (nSPS) is 15.3. The lowest BCUT2D eigenvalue weighted by molar-refractivity contribution is -0.118. The Morgan fingerprint density at radius 3 is 2.95 bits per heavy atom. The number of ether oxygens (including phenoxy) is 1. The highest BCUT2D eigenvalue weighted by Gasteiger charge is 2.27. The molecule has 22 heavy (non-hydrogen) atoms. The van der Waals surface area contributed by atoms with Crippen molar-refractivity contribution in [2.75, 3.05) is 18.6 Å². The Labute approximate surface area is 134 Å². The van der Waals surface area contributed by atoms with Crippen LogP contribution in [0.15, 0.2) is 30.5 Å². The van der Waals surface area contributed by atoms with E-state index in [0.29, 0.717) is 12.5 Å². The molecule has 0 saturated carbocycles. The minimum absolute atomic E-state index is 0.106. The Bertz CT molecular complexity index is 696. The number of methoxy groups -OCH3 is 1. The molecule has 1 amide bonds. The first-order chi connectivity index (χ1) is 10.6. The van der Waals surface area contributed by atoms with Crippen LogP contribution in [0.2, 0.25) is 0 Å². The first-order valence-electron chi connectivity index (χ1n) is 7.27. The molecule has 1 atom stereocenters. The van der Waals surface area contributed by atoms with Crippen molar-refractivity contribution in [3.63, 3.8) is 0 Å². The second-order valence-electron chi connectivity index (χ2n) is 5.31. The zero-order valence-electron chi connectivity index (χ0n) is 12.6. The summed E-state index contributed by atoms with van der Waals surface area (Å²) >= 11 is 5.95. The van der Waals surface area contributed by atoms with Crippen molar-refractivity contribution in [2.24, 2.45) is 0 Å². The molecule has 0 radical (unpaired) electrons. The van der Waals surface area contributed by atoms with Gasteiger partial charge in [0.15, 0.2) is 0 Å². The monoisotopic (exact) mass is 319 g/mol. The molecule has 0 bridgehead atoms. The fourth-order valence-corrected chi connectivity index (χ4v) is 2.75. The highest BCUT2D eigenvalue weighted by Crippen LogP contribution is 2.28. The summed E-state index contributed by atoms with van der Waals surface area (Å²) in [5, 5.41) is -0.552. The Balaban J connectivity index is 1.98. The second-order valence-corrected chi connectivity index (χ2v) is 5.97. The number of nitrogens with zero attached hydrogens (tertiary/aromatic N) is 3. The van der Waals surface area contributed by atoms with Gasteiger partial charge in [0, 0.05) is 24.8 Å². The van der Waals surface area contributed by atoms with Crippen LogP contribution < -0.4 is 9.64 Å². The molecular weight excluding hydrogens is 302 g/mol. The van der Waals surface area contributed by atoms with Crippen molar-refractivity contribution in [3.8, 4) is 17.0 Å². The van der Waals surface area contributed by atoms with E-state index in [1.54, 1.807) is 18.9 Å². The van der Waals surface area contributed by atoms with Crippen molar-refractivity contribution in [3.05, 3.63) is 30.5 Å². The molecule has 116 valence electrons. The number of benzene rings is 1. The third-order valence-corrected chi connectivity index (χ3v) is 3.94. The Morgan fingerprint density at radius 1 is 1.41 bits per heavy atom. The van der Waals surface area contributed by atoms with Crippen LogP contribution in [0.1, 0.15) is 13.3 Å². The van der Waals surface area contributed by atoms with Gasteiger partial charge in [0.05, 0.1) is 12.8 Å². The van der Waals surface area contributed by atoms with Crippen LogP contribution in [0.5, 0.6) is 5.75 Å². The number of halogens is 1. The maximum Gasteiger partial charge on any atom is 0.247 e. The van der Waals surface area contributed by atoms with E-state index in [4.69, 9.17) is 16.3 Å². The van der Waals surface area contributed by atoms with E-state index in [1.165, 1.54) is 0 Å². The van der Waals surface area contributed by atoms with E-state index in [-0.39, 0.29) is 5.91 Å². The molecule has 0 N–H and O–H groups in total. The number of aromatic nitrogens is 2. The third kappa shape index (κ3) is 2.68. The molecule has 6 heteroatoms. The fourth-order valence-electron chi connectivity index (χ4n) is 2.63. The van der Waals surface area contributed by atoms with Gasteiger partial charge in [-0.3, -0.25) is 9.69 Å². The molecule has 0 aliphatic carbocycles. The number of alkyl halides is 1. The highest BCUT2D eigenvalue weighted by atomic mass is 35.5. The average Bonchev–Trinajstić information content (AvgIpc) is 2.98. The van der Waals surface area contributed by atoms with Crippen LogP contribution in [0.4, 0.5) is 5.95 Å². The summed E-state index contributed by atoms with van der Waals surface area (Å²) in [5.74, 6) is 1.35. The zero-order chi connectivity index (χ0) is 15.7. The van der Waals surface area contributed by atoms with Gasteiger partial charge in [0.25, 0.3) is 0 Å². The van der Waals surface area contributed by atoms with E-state index in [0.717, 1.165) is 30.0 Å². The van der Waals surface area contributed by atoms with Crippen LogP contribution in [0.3, 0.4) is 0 Å². The van der Waals surface area contributed by atoms with E-state index in [1.807, 2.05) is 35.0 Å². The minimum Gasteiger partial charge on any atom is -0.497 e. The number of fused-ring (bicyclic) bond motifs is 1. The number of carbonyl (C=O) groups is 1. The molecule has 1 aromatic carbocycles. The van der Waals surface area contributed by atoms with Crippen molar-refractivity contribution in [2.45, 2.75) is 25.3 Å². The van der Waals surface area contributed by atoms with Gasteiger partial charge in [-0.1, -0.05) is 12.1 Å². The predicted octanol–water partition coefficient (Wildman–Crippen LogP) is 2.92. The van der Waals surface area contributed by atoms with Gasteiger partial charge in [-0.05, 0) is 25.5 Å². The number of rotatable bonds is 3. The van der Waals surface area contributed by atoms with Crippen molar-refractivity contribution in [1.82, 2.24) is 9.55 Å². The SMILES string of the molecule is COc1cccc(-c2cn3c(n2)N(C(=O)C(C)Cl)CCC3)c1. The van der Waals surface area contributed by atoms with Crippen LogP contribution in [-0.2, 0) is 11.3 Å². The summed E-state index contributed by atoms with van der Waals surface area (Å²) in [7, 11) is 1.64. The smallest absolute Gasteiger partial charge is 0.247 e. The van der Waals surface area contributed by atoms with Gasteiger partial charge < -0.3 is 9.30 Å². The van der Waals surface area contributed by atoms with Crippen molar-refractivity contribution >= 4 is 23.5 Å². The molecule has 1 aromatic heterocycles. The van der Waals surface area contributed by atoms with Gasteiger partial charge in [-0.15, -0.1) is 11.6 Å². The lowest BCUT2D eigenvalue weighted by Crippen LogP contribution is -2.41. The molecule has 0 fully saturated rings. The van der Waals surface area contributed by atoms with Gasteiger partial charge in [-0.2, -0.15) is 0 Å². The first kappa shape index (κ1) is 14.9. The van der Waals surface area contributed by atoms with E-state index in [2.05, 4.69) is 4.98 Å². The van der Waals surface area contributed by atoms with E-state index >= 15 is 0 Å². The quantitative estimate of drug-likeness (QED) is 0.817. The van der Waals surface area contributed by atoms with Crippen LogP contribution in [-0.4, -0.2) is 34.5 Å². The molecule has 3 rings (SSSR count). The summed E-state index contributed by atoms with van der Waals surface area (Å²) in [4.78, 5) is 18.5. The number of hydrogen-bond donors (Lipinski definition) is 0. The van der Waals surface area contributed by atoms with E-state index in [9.17, 15) is 4.79 Å². The second kappa shape index (κ2) is 6.01. The number of imidazole rings is 1. The Morgan fingerprint density at radius 2 is 2.23 bits per heavy atom. The maximum atomic E-state index is 12.2. The van der Waals surface area contributed by atoms with Crippen LogP contribution in [0, 0.1) is 0 Å². The van der Waals surface area contributed by atoms with Crippen molar-refractivity contribution in [1.29, 1.82) is 0 Å². The molecule has 2 aromatic rings.